The highest BCUT2D eigenvalue weighted by Gasteiger charge is 2.09. The van der Waals surface area contributed by atoms with Gasteiger partial charge >= 0.3 is 0 Å². The molecule has 102 valence electrons. The number of halogens is 2. The first-order valence-electron chi connectivity index (χ1n) is 6.21. The first-order valence-corrected chi connectivity index (χ1v) is 7.38. The lowest BCUT2D eigenvalue weighted by Gasteiger charge is -2.12. The van der Waals surface area contributed by atoms with Gasteiger partial charge in [0.25, 0.3) is 0 Å². The van der Waals surface area contributed by atoms with Crippen molar-refractivity contribution in [2.24, 2.45) is 5.92 Å². The Labute approximate surface area is 127 Å². The molecule has 1 N–H and O–H groups in total. The Bertz CT molecular complexity index is 578. The first-order chi connectivity index (χ1) is 8.95. The SMILES string of the molecule is Cc1cn(CC(C)C)c(Nc2cc(Cl)ccc2Br)n1. The summed E-state index contributed by atoms with van der Waals surface area (Å²) >= 11 is 9.54. The summed E-state index contributed by atoms with van der Waals surface area (Å²) in [6, 6.07) is 5.66. The number of rotatable bonds is 4. The zero-order valence-corrected chi connectivity index (χ0v) is 13.6. The van der Waals surface area contributed by atoms with E-state index in [2.05, 4.69) is 50.8 Å². The van der Waals surface area contributed by atoms with Crippen molar-refractivity contribution >= 4 is 39.2 Å². The van der Waals surface area contributed by atoms with Crippen molar-refractivity contribution in [3.05, 3.63) is 39.6 Å². The van der Waals surface area contributed by atoms with Crippen LogP contribution in [0.15, 0.2) is 28.9 Å². The molecule has 0 radical (unpaired) electrons. The van der Waals surface area contributed by atoms with Crippen LogP contribution in [-0.4, -0.2) is 9.55 Å². The van der Waals surface area contributed by atoms with Gasteiger partial charge in [-0.2, -0.15) is 0 Å². The average Bonchev–Trinajstić information content (AvgIpc) is 2.63. The maximum absolute atomic E-state index is 6.02. The highest BCUT2D eigenvalue weighted by molar-refractivity contribution is 9.10. The lowest BCUT2D eigenvalue weighted by atomic mass is 10.2. The summed E-state index contributed by atoms with van der Waals surface area (Å²) in [4.78, 5) is 4.52. The standard InChI is InChI=1S/C14H17BrClN3/c1-9(2)7-19-8-10(3)17-14(19)18-13-6-11(16)4-5-12(13)15/h4-6,8-9H,7H2,1-3H3,(H,17,18). The molecule has 1 aromatic heterocycles. The molecule has 0 unspecified atom stereocenters. The minimum Gasteiger partial charge on any atom is -0.325 e. The monoisotopic (exact) mass is 341 g/mol. The molecule has 0 aliphatic carbocycles. The van der Waals surface area contributed by atoms with Gasteiger partial charge in [0.15, 0.2) is 0 Å². The van der Waals surface area contributed by atoms with Gasteiger partial charge < -0.3 is 9.88 Å². The molecule has 0 atom stereocenters. The maximum atomic E-state index is 6.02. The number of hydrogen-bond donors (Lipinski definition) is 1. The third kappa shape index (κ3) is 3.74. The van der Waals surface area contributed by atoms with Gasteiger partial charge in [-0.15, -0.1) is 0 Å². The number of nitrogens with one attached hydrogen (secondary N) is 1. The predicted octanol–water partition coefficient (Wildman–Crippen LogP) is 5.01. The molecular formula is C14H17BrClN3. The van der Waals surface area contributed by atoms with Gasteiger partial charge in [-0.05, 0) is 47.0 Å². The normalized spacial score (nSPS) is 11.1. The van der Waals surface area contributed by atoms with E-state index in [4.69, 9.17) is 11.6 Å². The summed E-state index contributed by atoms with van der Waals surface area (Å²) in [5, 5.41) is 4.03. The first kappa shape index (κ1) is 14.4. The van der Waals surface area contributed by atoms with E-state index in [0.717, 1.165) is 28.3 Å². The molecule has 0 aliphatic rings. The minimum atomic E-state index is 0.567. The summed E-state index contributed by atoms with van der Waals surface area (Å²) in [5.74, 6) is 1.41. The predicted molar refractivity (Wildman–Crippen MR) is 84.2 cm³/mol. The molecule has 2 aromatic rings. The Morgan fingerprint density at radius 3 is 2.84 bits per heavy atom. The smallest absolute Gasteiger partial charge is 0.207 e. The minimum absolute atomic E-state index is 0.567. The summed E-state index contributed by atoms with van der Waals surface area (Å²) in [7, 11) is 0. The molecule has 0 bridgehead atoms. The van der Waals surface area contributed by atoms with Crippen molar-refractivity contribution in [1.29, 1.82) is 0 Å². The van der Waals surface area contributed by atoms with Gasteiger partial charge in [0, 0.05) is 22.2 Å². The molecule has 0 aliphatic heterocycles. The van der Waals surface area contributed by atoms with Crippen LogP contribution in [0.5, 0.6) is 0 Å². The van der Waals surface area contributed by atoms with Gasteiger partial charge in [-0.25, -0.2) is 4.98 Å². The van der Waals surface area contributed by atoms with E-state index in [-0.39, 0.29) is 0 Å². The number of nitrogens with zero attached hydrogens (tertiary/aromatic N) is 2. The second kappa shape index (κ2) is 5.97. The molecular weight excluding hydrogens is 326 g/mol. The molecule has 3 nitrogen and oxygen atoms in total. The average molecular weight is 343 g/mol. The molecule has 2 rings (SSSR count). The van der Waals surface area contributed by atoms with Crippen molar-refractivity contribution in [3.63, 3.8) is 0 Å². The van der Waals surface area contributed by atoms with Crippen molar-refractivity contribution in [2.75, 3.05) is 5.32 Å². The fraction of sp³-hybridized carbons (Fsp3) is 0.357. The Morgan fingerprint density at radius 1 is 1.42 bits per heavy atom. The van der Waals surface area contributed by atoms with Crippen molar-refractivity contribution < 1.29 is 0 Å². The Balaban J connectivity index is 2.29. The topological polar surface area (TPSA) is 29.9 Å². The third-order valence-corrected chi connectivity index (χ3v) is 3.56. The number of benzene rings is 1. The summed E-state index contributed by atoms with van der Waals surface area (Å²) < 4.78 is 3.10. The largest absolute Gasteiger partial charge is 0.325 e. The van der Waals surface area contributed by atoms with Gasteiger partial charge in [0.1, 0.15) is 0 Å². The van der Waals surface area contributed by atoms with Crippen LogP contribution < -0.4 is 5.32 Å². The second-order valence-corrected chi connectivity index (χ2v) is 6.29. The second-order valence-electron chi connectivity index (χ2n) is 5.00. The fourth-order valence-electron chi connectivity index (χ4n) is 1.89. The fourth-order valence-corrected chi connectivity index (χ4v) is 2.41. The number of anilines is 2. The molecule has 5 heteroatoms. The third-order valence-electron chi connectivity index (χ3n) is 2.63. The molecule has 0 saturated carbocycles. The number of aromatic nitrogens is 2. The summed E-state index contributed by atoms with van der Waals surface area (Å²) in [6.45, 7) is 7.30. The highest BCUT2D eigenvalue weighted by atomic mass is 79.9. The molecule has 0 spiro atoms. The van der Waals surface area contributed by atoms with E-state index in [9.17, 15) is 0 Å². The van der Waals surface area contributed by atoms with Crippen LogP contribution in [0.3, 0.4) is 0 Å². The molecule has 0 fully saturated rings. The lowest BCUT2D eigenvalue weighted by molar-refractivity contribution is 0.527. The van der Waals surface area contributed by atoms with Crippen LogP contribution in [0, 0.1) is 12.8 Å². The van der Waals surface area contributed by atoms with Crippen molar-refractivity contribution in [2.45, 2.75) is 27.3 Å². The number of aryl methyl sites for hydroxylation is 1. The summed E-state index contributed by atoms with van der Waals surface area (Å²) in [6.07, 6.45) is 2.06. The Hall–Kier alpha value is -1.000. The molecule has 1 heterocycles. The number of imidazole rings is 1. The highest BCUT2D eigenvalue weighted by Crippen LogP contribution is 2.28. The van der Waals surface area contributed by atoms with E-state index in [1.165, 1.54) is 0 Å². The van der Waals surface area contributed by atoms with Gasteiger partial charge in [-0.1, -0.05) is 25.4 Å². The van der Waals surface area contributed by atoms with Crippen LogP contribution in [0.2, 0.25) is 5.02 Å². The van der Waals surface area contributed by atoms with Crippen molar-refractivity contribution in [3.8, 4) is 0 Å². The zero-order valence-electron chi connectivity index (χ0n) is 11.2. The van der Waals surface area contributed by atoms with Gasteiger partial charge in [-0.3, -0.25) is 0 Å². The van der Waals surface area contributed by atoms with Crippen LogP contribution in [-0.2, 0) is 6.54 Å². The van der Waals surface area contributed by atoms with E-state index >= 15 is 0 Å². The zero-order chi connectivity index (χ0) is 14.0. The van der Waals surface area contributed by atoms with Crippen LogP contribution in [0.4, 0.5) is 11.6 Å². The summed E-state index contributed by atoms with van der Waals surface area (Å²) in [5.41, 5.74) is 1.92. The molecule has 0 amide bonds. The van der Waals surface area contributed by atoms with Crippen LogP contribution in [0.1, 0.15) is 19.5 Å². The number of hydrogen-bond acceptors (Lipinski definition) is 2. The van der Waals surface area contributed by atoms with Gasteiger partial charge in [0.2, 0.25) is 5.95 Å². The molecule has 1 aromatic carbocycles. The van der Waals surface area contributed by atoms with E-state index in [0.29, 0.717) is 10.9 Å². The molecule has 19 heavy (non-hydrogen) atoms. The quantitative estimate of drug-likeness (QED) is 0.846. The molecule has 0 saturated heterocycles. The Morgan fingerprint density at radius 2 is 2.16 bits per heavy atom. The van der Waals surface area contributed by atoms with E-state index < -0.39 is 0 Å². The van der Waals surface area contributed by atoms with E-state index in [1.54, 1.807) is 0 Å². The lowest BCUT2D eigenvalue weighted by Crippen LogP contribution is -2.07. The van der Waals surface area contributed by atoms with Crippen molar-refractivity contribution in [1.82, 2.24) is 9.55 Å². The van der Waals surface area contributed by atoms with Crippen LogP contribution >= 0.6 is 27.5 Å². The van der Waals surface area contributed by atoms with E-state index in [1.807, 2.05) is 25.1 Å². The Kier molecular flexibility index (Phi) is 4.53. The van der Waals surface area contributed by atoms with Gasteiger partial charge in [0.05, 0.1) is 11.4 Å². The maximum Gasteiger partial charge on any atom is 0.207 e. The van der Waals surface area contributed by atoms with Crippen LogP contribution in [0.25, 0.3) is 0 Å².